The molecule has 0 spiro atoms. The van der Waals surface area contributed by atoms with Crippen LogP contribution in [0.15, 0.2) is 14.4 Å². The Morgan fingerprint density at radius 1 is 1.08 bits per heavy atom. The highest BCUT2D eigenvalue weighted by Gasteiger charge is 2.09. The smallest absolute Gasteiger partial charge is 0.298 e. The summed E-state index contributed by atoms with van der Waals surface area (Å²) in [7, 11) is 0. The third-order valence-electron chi connectivity index (χ3n) is 1.53. The molecule has 0 aliphatic heterocycles. The van der Waals surface area contributed by atoms with E-state index in [4.69, 9.17) is 0 Å². The van der Waals surface area contributed by atoms with Crippen LogP contribution in [0.5, 0.6) is 0 Å². The van der Waals surface area contributed by atoms with Crippen LogP contribution in [0.4, 0.5) is 4.48 Å². The summed E-state index contributed by atoms with van der Waals surface area (Å²) in [6.07, 6.45) is 0. The maximum atomic E-state index is 12.8. The number of rotatable bonds is 0. The van der Waals surface area contributed by atoms with E-state index in [1.165, 1.54) is 0 Å². The first-order valence-corrected chi connectivity index (χ1v) is 3.23. The molecule has 0 bridgehead atoms. The summed E-state index contributed by atoms with van der Waals surface area (Å²) in [6, 6.07) is 0. The minimum atomic E-state index is -1.11. The van der Waals surface area contributed by atoms with Gasteiger partial charge in [-0.05, 0) is 0 Å². The summed E-state index contributed by atoms with van der Waals surface area (Å²) in [5, 5.41) is 0. The molecule has 7 nitrogen and oxygen atoms in total. The number of halogens is 1. The number of hydrogen-bond donors (Lipinski definition) is 3. The molecule has 13 heavy (non-hydrogen) atoms. The van der Waals surface area contributed by atoms with Crippen molar-refractivity contribution in [3.05, 3.63) is 31.3 Å². The predicted octanol–water partition coefficient (Wildman–Crippen LogP) is -1.56. The van der Waals surface area contributed by atoms with Gasteiger partial charge in [-0.3, -0.25) is 19.7 Å². The lowest BCUT2D eigenvalue weighted by atomic mass is 10.5. The number of H-pyrrole nitrogens is 3. The topological polar surface area (TPSA) is 104 Å². The van der Waals surface area contributed by atoms with E-state index >= 15 is 0 Å². The van der Waals surface area contributed by atoms with Gasteiger partial charge in [0.05, 0.1) is 0 Å². The molecule has 0 unspecified atom stereocenters. The standard InChI is InChI=1S/C5H3FN4O3/c6-10-2-1(7-5(10)13)3(11)9-4(12)8-2/h(H,7,13)(H2,8,9,11,12). The molecule has 2 aromatic rings. The monoisotopic (exact) mass is 186 g/mol. The Morgan fingerprint density at radius 2 is 1.77 bits per heavy atom. The van der Waals surface area contributed by atoms with Gasteiger partial charge < -0.3 is 0 Å². The average Bonchev–Trinajstić information content (AvgIpc) is 2.32. The molecule has 0 aliphatic carbocycles. The van der Waals surface area contributed by atoms with Gasteiger partial charge in [0.25, 0.3) is 5.56 Å². The van der Waals surface area contributed by atoms with Crippen molar-refractivity contribution >= 4 is 11.2 Å². The van der Waals surface area contributed by atoms with Crippen LogP contribution < -0.4 is 16.9 Å². The zero-order valence-electron chi connectivity index (χ0n) is 6.05. The zero-order chi connectivity index (χ0) is 9.59. The number of aromatic nitrogens is 4. The van der Waals surface area contributed by atoms with E-state index in [2.05, 4.69) is 0 Å². The van der Waals surface area contributed by atoms with Gasteiger partial charge in [0.1, 0.15) is 0 Å². The highest BCUT2D eigenvalue weighted by molar-refractivity contribution is 5.68. The van der Waals surface area contributed by atoms with Crippen LogP contribution in [0.1, 0.15) is 0 Å². The van der Waals surface area contributed by atoms with E-state index in [0.29, 0.717) is 0 Å². The van der Waals surface area contributed by atoms with Gasteiger partial charge >= 0.3 is 11.4 Å². The zero-order valence-corrected chi connectivity index (χ0v) is 6.05. The minimum absolute atomic E-state index is 0.299. The van der Waals surface area contributed by atoms with Crippen molar-refractivity contribution in [3.63, 3.8) is 0 Å². The second-order valence-corrected chi connectivity index (χ2v) is 2.34. The second-order valence-electron chi connectivity index (χ2n) is 2.34. The normalized spacial score (nSPS) is 10.8. The van der Waals surface area contributed by atoms with Crippen LogP contribution in [0.2, 0.25) is 0 Å². The molecule has 0 fully saturated rings. The van der Waals surface area contributed by atoms with Crippen LogP contribution in [0.3, 0.4) is 0 Å². The number of aromatic amines is 3. The summed E-state index contributed by atoms with van der Waals surface area (Å²) < 4.78 is 12.8. The fourth-order valence-electron chi connectivity index (χ4n) is 0.995. The first-order chi connectivity index (χ1) is 6.09. The molecule has 2 aromatic heterocycles. The summed E-state index contributed by atoms with van der Waals surface area (Å²) in [5.74, 6) is 0. The van der Waals surface area contributed by atoms with E-state index in [-0.39, 0.29) is 10.3 Å². The molecule has 0 amide bonds. The molecule has 8 heteroatoms. The lowest BCUT2D eigenvalue weighted by Crippen LogP contribution is -2.22. The number of nitrogens with zero attached hydrogens (tertiary/aromatic N) is 1. The van der Waals surface area contributed by atoms with Gasteiger partial charge in [0.2, 0.25) is 0 Å². The molecule has 2 heterocycles. The van der Waals surface area contributed by atoms with Gasteiger partial charge in [-0.25, -0.2) is 9.59 Å². The SMILES string of the molecule is O=c1[nH]c(=O)c2[nH]c(=O)n(F)c2[nH]1. The molecule has 0 aromatic carbocycles. The van der Waals surface area contributed by atoms with Gasteiger partial charge in [-0.15, -0.1) is 4.79 Å². The summed E-state index contributed by atoms with van der Waals surface area (Å²) in [4.78, 5) is 37.7. The Labute approximate surface area is 67.8 Å². The predicted molar refractivity (Wildman–Crippen MR) is 40.3 cm³/mol. The molecule has 0 aliphatic rings. The Kier molecular flexibility index (Phi) is 1.27. The lowest BCUT2D eigenvalue weighted by molar-refractivity contribution is 0.366. The Balaban J connectivity index is 3.22. The van der Waals surface area contributed by atoms with Crippen molar-refractivity contribution in [2.75, 3.05) is 0 Å². The number of fused-ring (bicyclic) bond motifs is 1. The molecule has 0 atom stereocenters. The van der Waals surface area contributed by atoms with Gasteiger partial charge in [0.15, 0.2) is 11.2 Å². The van der Waals surface area contributed by atoms with Crippen molar-refractivity contribution in [1.82, 2.24) is 19.7 Å². The Morgan fingerprint density at radius 3 is 2.46 bits per heavy atom. The molecule has 0 saturated heterocycles. The van der Waals surface area contributed by atoms with Crippen molar-refractivity contribution in [2.24, 2.45) is 0 Å². The van der Waals surface area contributed by atoms with Crippen LogP contribution in [-0.2, 0) is 0 Å². The number of nitrogens with one attached hydrogen (secondary N) is 3. The first kappa shape index (κ1) is 7.53. The average molecular weight is 186 g/mol. The summed E-state index contributed by atoms with van der Waals surface area (Å²) >= 11 is 0. The van der Waals surface area contributed by atoms with E-state index < -0.39 is 22.6 Å². The van der Waals surface area contributed by atoms with Gasteiger partial charge in [0, 0.05) is 0 Å². The third kappa shape index (κ3) is 0.916. The second kappa shape index (κ2) is 2.19. The van der Waals surface area contributed by atoms with Crippen LogP contribution in [-0.4, -0.2) is 19.7 Å². The first-order valence-electron chi connectivity index (χ1n) is 3.23. The largest absolute Gasteiger partial charge is 0.356 e. The lowest BCUT2D eigenvalue weighted by Gasteiger charge is -1.86. The van der Waals surface area contributed by atoms with Crippen molar-refractivity contribution in [1.29, 1.82) is 0 Å². The van der Waals surface area contributed by atoms with Gasteiger partial charge in [-0.2, -0.15) is 0 Å². The molecule has 0 saturated carbocycles. The molecule has 0 radical (unpaired) electrons. The minimum Gasteiger partial charge on any atom is -0.298 e. The summed E-state index contributed by atoms with van der Waals surface area (Å²) in [5.41, 5.74) is -3.59. The van der Waals surface area contributed by atoms with E-state index in [0.717, 1.165) is 0 Å². The Bertz CT molecular complexity index is 629. The van der Waals surface area contributed by atoms with E-state index in [1.54, 1.807) is 0 Å². The van der Waals surface area contributed by atoms with Crippen molar-refractivity contribution < 1.29 is 4.48 Å². The quantitative estimate of drug-likeness (QED) is 0.463. The van der Waals surface area contributed by atoms with Gasteiger partial charge in [-0.1, -0.05) is 4.48 Å². The van der Waals surface area contributed by atoms with Crippen molar-refractivity contribution in [2.45, 2.75) is 0 Å². The number of imidazole rings is 1. The van der Waals surface area contributed by atoms with Crippen LogP contribution in [0, 0.1) is 0 Å². The van der Waals surface area contributed by atoms with Crippen molar-refractivity contribution in [3.8, 4) is 0 Å². The van der Waals surface area contributed by atoms with E-state index in [1.807, 2.05) is 15.0 Å². The highest BCUT2D eigenvalue weighted by Crippen LogP contribution is 1.96. The van der Waals surface area contributed by atoms with E-state index in [9.17, 15) is 18.9 Å². The maximum Gasteiger partial charge on any atom is 0.356 e. The molecular weight excluding hydrogens is 183 g/mol. The molecule has 3 N–H and O–H groups in total. The molecular formula is C5H3FN4O3. The molecule has 2 rings (SSSR count). The van der Waals surface area contributed by atoms with Crippen LogP contribution >= 0.6 is 0 Å². The fourth-order valence-corrected chi connectivity index (χ4v) is 0.995. The van der Waals surface area contributed by atoms with Crippen LogP contribution in [0.25, 0.3) is 11.2 Å². The third-order valence-corrected chi connectivity index (χ3v) is 1.53. The maximum absolute atomic E-state index is 12.8. The highest BCUT2D eigenvalue weighted by atomic mass is 19.2. The number of hydrogen-bond acceptors (Lipinski definition) is 3. The fraction of sp³-hybridized carbons (Fsp3) is 0. The molecule has 68 valence electrons. The Hall–Kier alpha value is -2.12. The summed E-state index contributed by atoms with van der Waals surface area (Å²) in [6.45, 7) is 0.